The van der Waals surface area contributed by atoms with Gasteiger partial charge in [-0.25, -0.2) is 0 Å². The molecule has 1 saturated carbocycles. The zero-order valence-corrected chi connectivity index (χ0v) is 9.58. The summed E-state index contributed by atoms with van der Waals surface area (Å²) in [5, 5.41) is 0. The Morgan fingerprint density at radius 1 is 1.13 bits per heavy atom. The van der Waals surface area contributed by atoms with Gasteiger partial charge in [0.1, 0.15) is 5.76 Å². The summed E-state index contributed by atoms with van der Waals surface area (Å²) in [5.41, 5.74) is 6.30. The first kappa shape index (κ1) is 11.0. The van der Waals surface area contributed by atoms with Gasteiger partial charge in [-0.3, -0.25) is 0 Å². The van der Waals surface area contributed by atoms with Crippen LogP contribution in [0.25, 0.3) is 0 Å². The van der Waals surface area contributed by atoms with Gasteiger partial charge in [-0.15, -0.1) is 0 Å². The summed E-state index contributed by atoms with van der Waals surface area (Å²) >= 11 is 0. The molecule has 0 radical (unpaired) electrons. The largest absolute Gasteiger partial charge is 0.497 e. The van der Waals surface area contributed by atoms with E-state index >= 15 is 0 Å². The summed E-state index contributed by atoms with van der Waals surface area (Å²) in [5.74, 6) is 1.74. The van der Waals surface area contributed by atoms with Crippen LogP contribution < -0.4 is 5.73 Å². The SMILES string of the molecule is NC(C1=CCCCO1)C1CCCCCC1. The lowest BCUT2D eigenvalue weighted by Crippen LogP contribution is -2.34. The van der Waals surface area contributed by atoms with Crippen molar-refractivity contribution < 1.29 is 4.74 Å². The standard InChI is InChI=1S/C13H23NO/c14-13(12-9-5-6-10-15-12)11-7-3-1-2-4-8-11/h9,11,13H,1-8,10,14H2. The van der Waals surface area contributed by atoms with Crippen molar-refractivity contribution in [2.75, 3.05) is 6.61 Å². The molecule has 1 heterocycles. The number of hydrogen-bond acceptors (Lipinski definition) is 2. The van der Waals surface area contributed by atoms with Gasteiger partial charge in [-0.05, 0) is 37.7 Å². The molecule has 0 spiro atoms. The maximum atomic E-state index is 6.30. The zero-order chi connectivity index (χ0) is 10.5. The number of hydrogen-bond donors (Lipinski definition) is 1. The molecular formula is C13H23NO. The minimum absolute atomic E-state index is 0.170. The first-order chi connectivity index (χ1) is 7.38. The average Bonchev–Trinajstić information content (AvgIpc) is 2.58. The first-order valence-corrected chi connectivity index (χ1v) is 6.46. The van der Waals surface area contributed by atoms with Crippen LogP contribution in [-0.4, -0.2) is 12.6 Å². The quantitative estimate of drug-likeness (QED) is 0.710. The van der Waals surface area contributed by atoms with Gasteiger partial charge in [0.2, 0.25) is 0 Å². The van der Waals surface area contributed by atoms with Crippen LogP contribution in [-0.2, 0) is 4.74 Å². The monoisotopic (exact) mass is 209 g/mol. The van der Waals surface area contributed by atoms with Crippen LogP contribution >= 0.6 is 0 Å². The van der Waals surface area contributed by atoms with Crippen LogP contribution in [0.2, 0.25) is 0 Å². The van der Waals surface area contributed by atoms with Gasteiger partial charge in [0.25, 0.3) is 0 Å². The Kier molecular flexibility index (Phi) is 4.07. The van der Waals surface area contributed by atoms with Crippen molar-refractivity contribution in [1.29, 1.82) is 0 Å². The second-order valence-corrected chi connectivity index (χ2v) is 4.87. The molecule has 1 fully saturated rings. The van der Waals surface area contributed by atoms with E-state index in [1.165, 1.54) is 38.5 Å². The number of ether oxygens (including phenoxy) is 1. The molecule has 2 nitrogen and oxygen atoms in total. The van der Waals surface area contributed by atoms with Gasteiger partial charge in [-0.2, -0.15) is 0 Å². The Balaban J connectivity index is 1.92. The molecule has 0 saturated heterocycles. The Hall–Kier alpha value is -0.500. The molecule has 0 bridgehead atoms. The minimum atomic E-state index is 0.170. The highest BCUT2D eigenvalue weighted by Gasteiger charge is 2.24. The predicted molar refractivity (Wildman–Crippen MR) is 62.4 cm³/mol. The molecule has 1 unspecified atom stereocenters. The molecule has 1 atom stereocenters. The van der Waals surface area contributed by atoms with Crippen LogP contribution in [0.4, 0.5) is 0 Å². The Morgan fingerprint density at radius 3 is 2.47 bits per heavy atom. The molecule has 0 aromatic rings. The third-order valence-electron chi connectivity index (χ3n) is 3.70. The van der Waals surface area contributed by atoms with Crippen molar-refractivity contribution in [2.45, 2.75) is 57.4 Å². The fourth-order valence-electron chi connectivity index (χ4n) is 2.71. The van der Waals surface area contributed by atoms with Crippen LogP contribution in [0.15, 0.2) is 11.8 Å². The smallest absolute Gasteiger partial charge is 0.109 e. The van der Waals surface area contributed by atoms with Crippen molar-refractivity contribution in [2.24, 2.45) is 11.7 Å². The van der Waals surface area contributed by atoms with Gasteiger partial charge in [-0.1, -0.05) is 25.7 Å². The third kappa shape index (κ3) is 2.97. The maximum Gasteiger partial charge on any atom is 0.109 e. The lowest BCUT2D eigenvalue weighted by atomic mass is 9.90. The number of nitrogens with two attached hydrogens (primary N) is 1. The molecule has 1 aliphatic heterocycles. The second kappa shape index (κ2) is 5.55. The van der Waals surface area contributed by atoms with Crippen LogP contribution in [0.5, 0.6) is 0 Å². The van der Waals surface area contributed by atoms with Crippen LogP contribution in [0.3, 0.4) is 0 Å². The van der Waals surface area contributed by atoms with Gasteiger partial charge >= 0.3 is 0 Å². The van der Waals surface area contributed by atoms with E-state index < -0.39 is 0 Å². The Labute approximate surface area is 92.9 Å². The van der Waals surface area contributed by atoms with E-state index in [0.29, 0.717) is 5.92 Å². The van der Waals surface area contributed by atoms with Crippen LogP contribution in [0.1, 0.15) is 51.4 Å². The average molecular weight is 209 g/mol. The number of rotatable bonds is 2. The second-order valence-electron chi connectivity index (χ2n) is 4.87. The highest BCUT2D eigenvalue weighted by atomic mass is 16.5. The van der Waals surface area contributed by atoms with E-state index in [9.17, 15) is 0 Å². The van der Waals surface area contributed by atoms with Crippen molar-refractivity contribution in [3.63, 3.8) is 0 Å². The third-order valence-corrected chi connectivity index (χ3v) is 3.70. The topological polar surface area (TPSA) is 35.2 Å². The summed E-state index contributed by atoms with van der Waals surface area (Å²) in [7, 11) is 0. The van der Waals surface area contributed by atoms with E-state index in [4.69, 9.17) is 10.5 Å². The van der Waals surface area contributed by atoms with E-state index in [-0.39, 0.29) is 6.04 Å². The van der Waals surface area contributed by atoms with Gasteiger partial charge in [0, 0.05) is 0 Å². The molecule has 0 aromatic heterocycles. The molecule has 86 valence electrons. The van der Waals surface area contributed by atoms with E-state index in [1.54, 1.807) is 0 Å². The van der Waals surface area contributed by atoms with E-state index in [1.807, 2.05) is 0 Å². The maximum absolute atomic E-state index is 6.30. The normalized spacial score (nSPS) is 26.3. The predicted octanol–water partition coefficient (Wildman–Crippen LogP) is 2.98. The van der Waals surface area contributed by atoms with E-state index in [2.05, 4.69) is 6.08 Å². The molecule has 2 N–H and O–H groups in total. The van der Waals surface area contributed by atoms with Crippen molar-refractivity contribution in [3.8, 4) is 0 Å². The fraction of sp³-hybridized carbons (Fsp3) is 0.846. The van der Waals surface area contributed by atoms with Gasteiger partial charge in [0.15, 0.2) is 0 Å². The molecule has 2 rings (SSSR count). The lowest BCUT2D eigenvalue weighted by Gasteiger charge is -2.27. The molecule has 2 aliphatic rings. The Morgan fingerprint density at radius 2 is 1.87 bits per heavy atom. The van der Waals surface area contributed by atoms with Crippen molar-refractivity contribution in [1.82, 2.24) is 0 Å². The van der Waals surface area contributed by atoms with Crippen LogP contribution in [0, 0.1) is 5.92 Å². The van der Waals surface area contributed by atoms with Gasteiger partial charge in [0.05, 0.1) is 12.6 Å². The summed E-state index contributed by atoms with van der Waals surface area (Å²) in [6.45, 7) is 0.867. The van der Waals surface area contributed by atoms with Gasteiger partial charge < -0.3 is 10.5 Å². The summed E-state index contributed by atoms with van der Waals surface area (Å²) in [6.07, 6.45) is 12.6. The molecular weight excluding hydrogens is 186 g/mol. The highest BCUT2D eigenvalue weighted by molar-refractivity contribution is 5.06. The summed E-state index contributed by atoms with van der Waals surface area (Å²) in [4.78, 5) is 0. The lowest BCUT2D eigenvalue weighted by molar-refractivity contribution is 0.158. The molecule has 0 aromatic carbocycles. The fourth-order valence-corrected chi connectivity index (χ4v) is 2.71. The van der Waals surface area contributed by atoms with Crippen molar-refractivity contribution in [3.05, 3.63) is 11.8 Å². The zero-order valence-electron chi connectivity index (χ0n) is 9.58. The molecule has 2 heteroatoms. The summed E-state index contributed by atoms with van der Waals surface area (Å²) < 4.78 is 5.67. The first-order valence-electron chi connectivity index (χ1n) is 6.46. The minimum Gasteiger partial charge on any atom is -0.497 e. The molecule has 0 amide bonds. The highest BCUT2D eigenvalue weighted by Crippen LogP contribution is 2.28. The summed E-state index contributed by atoms with van der Waals surface area (Å²) in [6, 6.07) is 0.170. The molecule has 15 heavy (non-hydrogen) atoms. The molecule has 1 aliphatic carbocycles. The van der Waals surface area contributed by atoms with E-state index in [0.717, 1.165) is 25.2 Å². The number of allylic oxidation sites excluding steroid dienone is 1. The van der Waals surface area contributed by atoms with Crippen molar-refractivity contribution >= 4 is 0 Å². The Bertz CT molecular complexity index is 217.